The second kappa shape index (κ2) is 6.60. The summed E-state index contributed by atoms with van der Waals surface area (Å²) in [6.45, 7) is 6.51. The number of ether oxygens (including phenoxy) is 2. The first kappa shape index (κ1) is 13.2. The molecule has 1 saturated carbocycles. The fraction of sp³-hybridized carbons (Fsp3) is 0.500. The third-order valence-corrected chi connectivity index (χ3v) is 3.46. The van der Waals surface area contributed by atoms with Crippen molar-refractivity contribution in [3.8, 4) is 5.75 Å². The van der Waals surface area contributed by atoms with E-state index < -0.39 is 0 Å². The van der Waals surface area contributed by atoms with E-state index in [1.54, 1.807) is 0 Å². The van der Waals surface area contributed by atoms with E-state index in [1.807, 2.05) is 37.3 Å². The van der Waals surface area contributed by atoms with E-state index >= 15 is 0 Å². The topological polar surface area (TPSA) is 18.5 Å². The zero-order valence-electron chi connectivity index (χ0n) is 11.1. The monoisotopic (exact) mass is 246 g/mol. The highest BCUT2D eigenvalue weighted by atomic mass is 16.7. The predicted molar refractivity (Wildman–Crippen MR) is 74.5 cm³/mol. The average Bonchev–Trinajstić information content (AvgIpc) is 2.90. The molecule has 1 aromatic carbocycles. The van der Waals surface area contributed by atoms with Gasteiger partial charge in [0.15, 0.2) is 6.29 Å². The molecule has 1 aromatic rings. The summed E-state index contributed by atoms with van der Waals surface area (Å²) in [5.74, 6) is 1.58. The molecule has 18 heavy (non-hydrogen) atoms. The molecule has 0 radical (unpaired) electrons. The lowest BCUT2D eigenvalue weighted by molar-refractivity contribution is -0.0782. The van der Waals surface area contributed by atoms with Crippen molar-refractivity contribution in [3.05, 3.63) is 36.4 Å². The lowest BCUT2D eigenvalue weighted by Gasteiger charge is -2.18. The molecule has 2 rings (SSSR count). The third-order valence-electron chi connectivity index (χ3n) is 3.46. The van der Waals surface area contributed by atoms with E-state index in [0.29, 0.717) is 0 Å². The summed E-state index contributed by atoms with van der Waals surface area (Å²) in [6, 6.07) is 7.89. The molecule has 1 atom stereocenters. The molecule has 0 saturated heterocycles. The maximum absolute atomic E-state index is 5.74. The Morgan fingerprint density at radius 1 is 1.28 bits per heavy atom. The Morgan fingerprint density at radius 2 is 1.94 bits per heavy atom. The van der Waals surface area contributed by atoms with Gasteiger partial charge in [-0.2, -0.15) is 0 Å². The Hall–Kier alpha value is -1.28. The number of hydrogen-bond acceptors (Lipinski definition) is 2. The molecule has 1 aliphatic carbocycles. The summed E-state index contributed by atoms with van der Waals surface area (Å²) < 4.78 is 11.5. The fourth-order valence-electron chi connectivity index (χ4n) is 2.36. The number of benzene rings is 1. The van der Waals surface area contributed by atoms with Gasteiger partial charge in [-0.25, -0.2) is 0 Å². The normalized spacial score (nSPS) is 17.6. The largest absolute Gasteiger partial charge is 0.465 e. The van der Waals surface area contributed by atoms with E-state index in [4.69, 9.17) is 9.47 Å². The second-order valence-corrected chi connectivity index (χ2v) is 4.94. The summed E-state index contributed by atoms with van der Waals surface area (Å²) in [7, 11) is 0. The average molecular weight is 246 g/mol. The van der Waals surface area contributed by atoms with Crippen molar-refractivity contribution in [2.24, 2.45) is 5.92 Å². The fourth-order valence-corrected chi connectivity index (χ4v) is 2.36. The highest BCUT2D eigenvalue weighted by Crippen LogP contribution is 2.25. The van der Waals surface area contributed by atoms with Crippen molar-refractivity contribution in [1.29, 1.82) is 0 Å². The minimum atomic E-state index is -0.180. The molecule has 0 amide bonds. The predicted octanol–water partition coefficient (Wildman–Crippen LogP) is 4.26. The van der Waals surface area contributed by atoms with Crippen molar-refractivity contribution in [1.82, 2.24) is 0 Å². The van der Waals surface area contributed by atoms with Crippen LogP contribution >= 0.6 is 0 Å². The molecular formula is C16H22O2. The van der Waals surface area contributed by atoms with Crippen LogP contribution < -0.4 is 4.74 Å². The molecular weight excluding hydrogens is 224 g/mol. The molecule has 2 heteroatoms. The van der Waals surface area contributed by atoms with Gasteiger partial charge in [-0.05, 0) is 43.4 Å². The van der Waals surface area contributed by atoms with Crippen LogP contribution in [0.3, 0.4) is 0 Å². The Balaban J connectivity index is 1.75. The molecule has 0 bridgehead atoms. The molecule has 0 aromatic heterocycles. The SMILES string of the molecule is C=Cc1ccc(OC(C)OCC2CCCC2)cc1. The maximum atomic E-state index is 5.74. The lowest BCUT2D eigenvalue weighted by atomic mass is 10.1. The van der Waals surface area contributed by atoms with Crippen LogP contribution in [0, 0.1) is 5.92 Å². The maximum Gasteiger partial charge on any atom is 0.196 e. The van der Waals surface area contributed by atoms with Crippen molar-refractivity contribution in [2.45, 2.75) is 38.9 Å². The molecule has 0 N–H and O–H groups in total. The summed E-state index contributed by atoms with van der Waals surface area (Å²) in [4.78, 5) is 0. The van der Waals surface area contributed by atoms with Crippen molar-refractivity contribution >= 4 is 6.08 Å². The summed E-state index contributed by atoms with van der Waals surface area (Å²) >= 11 is 0. The van der Waals surface area contributed by atoms with E-state index in [-0.39, 0.29) is 6.29 Å². The highest BCUT2D eigenvalue weighted by Gasteiger charge is 2.16. The van der Waals surface area contributed by atoms with Gasteiger partial charge in [-0.1, -0.05) is 37.6 Å². The van der Waals surface area contributed by atoms with Gasteiger partial charge in [0, 0.05) is 0 Å². The quantitative estimate of drug-likeness (QED) is 0.698. The Kier molecular flexibility index (Phi) is 4.82. The van der Waals surface area contributed by atoms with E-state index in [0.717, 1.165) is 23.8 Å². The van der Waals surface area contributed by atoms with Gasteiger partial charge in [-0.15, -0.1) is 0 Å². The standard InChI is InChI=1S/C16H22O2/c1-3-14-8-10-16(11-9-14)18-13(2)17-12-15-6-4-5-7-15/h3,8-11,13,15H,1,4-7,12H2,2H3. The number of hydrogen-bond donors (Lipinski definition) is 0. The van der Waals surface area contributed by atoms with Gasteiger partial charge in [0.1, 0.15) is 5.75 Å². The third kappa shape index (κ3) is 3.88. The summed E-state index contributed by atoms with van der Waals surface area (Å²) in [5.41, 5.74) is 1.10. The summed E-state index contributed by atoms with van der Waals surface area (Å²) in [6.07, 6.45) is 6.96. The Morgan fingerprint density at radius 3 is 2.56 bits per heavy atom. The van der Waals surface area contributed by atoms with Crippen LogP contribution in [0.15, 0.2) is 30.8 Å². The molecule has 1 fully saturated rings. The van der Waals surface area contributed by atoms with Crippen LogP contribution in [0.4, 0.5) is 0 Å². The van der Waals surface area contributed by atoms with Crippen LogP contribution in [0.5, 0.6) is 5.75 Å². The molecule has 0 spiro atoms. The minimum Gasteiger partial charge on any atom is -0.465 e. The second-order valence-electron chi connectivity index (χ2n) is 4.94. The van der Waals surface area contributed by atoms with E-state index in [9.17, 15) is 0 Å². The smallest absolute Gasteiger partial charge is 0.196 e. The van der Waals surface area contributed by atoms with Crippen LogP contribution in [0.1, 0.15) is 38.2 Å². The van der Waals surface area contributed by atoms with Crippen LogP contribution in [0.2, 0.25) is 0 Å². The van der Waals surface area contributed by atoms with Gasteiger partial charge in [0.25, 0.3) is 0 Å². The van der Waals surface area contributed by atoms with Crippen molar-refractivity contribution in [3.63, 3.8) is 0 Å². The Labute approximate surface area is 110 Å². The van der Waals surface area contributed by atoms with E-state index in [2.05, 4.69) is 6.58 Å². The molecule has 98 valence electrons. The number of rotatable bonds is 6. The van der Waals surface area contributed by atoms with Gasteiger partial charge >= 0.3 is 0 Å². The van der Waals surface area contributed by atoms with Gasteiger partial charge in [0.05, 0.1) is 6.61 Å². The van der Waals surface area contributed by atoms with Gasteiger partial charge < -0.3 is 9.47 Å². The minimum absolute atomic E-state index is 0.180. The van der Waals surface area contributed by atoms with Gasteiger partial charge in [-0.3, -0.25) is 0 Å². The highest BCUT2D eigenvalue weighted by molar-refractivity contribution is 5.48. The van der Waals surface area contributed by atoms with Crippen molar-refractivity contribution < 1.29 is 9.47 Å². The first-order chi connectivity index (χ1) is 8.78. The van der Waals surface area contributed by atoms with Crippen LogP contribution in [-0.4, -0.2) is 12.9 Å². The molecule has 1 aliphatic rings. The summed E-state index contributed by atoms with van der Waals surface area (Å²) in [5, 5.41) is 0. The lowest BCUT2D eigenvalue weighted by Crippen LogP contribution is -2.19. The molecule has 1 unspecified atom stereocenters. The zero-order chi connectivity index (χ0) is 12.8. The molecule has 0 aliphatic heterocycles. The first-order valence-corrected chi connectivity index (χ1v) is 6.78. The first-order valence-electron chi connectivity index (χ1n) is 6.78. The Bertz CT molecular complexity index is 363. The molecule has 0 heterocycles. The van der Waals surface area contributed by atoms with E-state index in [1.165, 1.54) is 25.7 Å². The molecule has 2 nitrogen and oxygen atoms in total. The zero-order valence-corrected chi connectivity index (χ0v) is 11.1. The van der Waals surface area contributed by atoms with Gasteiger partial charge in [0.2, 0.25) is 0 Å². The van der Waals surface area contributed by atoms with Crippen LogP contribution in [0.25, 0.3) is 6.08 Å². The van der Waals surface area contributed by atoms with Crippen molar-refractivity contribution in [2.75, 3.05) is 6.61 Å². The van der Waals surface area contributed by atoms with Crippen LogP contribution in [-0.2, 0) is 4.74 Å².